The third-order valence-corrected chi connectivity index (χ3v) is 4.15. The van der Waals surface area contributed by atoms with Gasteiger partial charge in [0.2, 0.25) is 0 Å². The second kappa shape index (κ2) is 5.38. The van der Waals surface area contributed by atoms with Gasteiger partial charge >= 0.3 is 11.9 Å². The van der Waals surface area contributed by atoms with E-state index in [0.29, 0.717) is 6.42 Å². The summed E-state index contributed by atoms with van der Waals surface area (Å²) < 4.78 is 9.99. The van der Waals surface area contributed by atoms with Crippen LogP contribution in [0.3, 0.4) is 0 Å². The maximum atomic E-state index is 12.0. The molecule has 2 aliphatic carbocycles. The molecule has 0 unspecified atom stereocenters. The molecule has 5 nitrogen and oxygen atoms in total. The van der Waals surface area contributed by atoms with Crippen LogP contribution >= 0.6 is 0 Å². The smallest absolute Gasteiger partial charge is 0.347 e. The molecule has 2 rings (SSSR count). The molecule has 0 aromatic heterocycles. The monoisotopic (exact) mass is 280 g/mol. The van der Waals surface area contributed by atoms with Crippen molar-refractivity contribution >= 4 is 17.7 Å². The van der Waals surface area contributed by atoms with Crippen LogP contribution in [0.25, 0.3) is 0 Å². The van der Waals surface area contributed by atoms with Crippen LogP contribution in [0.15, 0.2) is 11.6 Å². The fourth-order valence-corrected chi connectivity index (χ4v) is 3.02. The van der Waals surface area contributed by atoms with Gasteiger partial charge in [-0.2, -0.15) is 0 Å². The predicted octanol–water partition coefficient (Wildman–Crippen LogP) is 1.94. The molecule has 5 heteroatoms. The molecule has 0 bridgehead atoms. The highest BCUT2D eigenvalue weighted by molar-refractivity contribution is 5.97. The van der Waals surface area contributed by atoms with E-state index in [2.05, 4.69) is 6.92 Å². The lowest BCUT2D eigenvalue weighted by atomic mass is 9.74. The second-order valence-electron chi connectivity index (χ2n) is 5.87. The molecule has 0 spiro atoms. The fraction of sp³-hybridized carbons (Fsp3) is 0.667. The SMILES string of the molecule is CC(=O)O[C@@H](C)C(=O)O[C@H]1C[C@@]2(C)CCCC2=CC1=O. The summed E-state index contributed by atoms with van der Waals surface area (Å²) in [5.41, 5.74) is 1.13. The Labute approximate surface area is 118 Å². The minimum atomic E-state index is -0.984. The number of esters is 2. The molecule has 0 radical (unpaired) electrons. The lowest BCUT2D eigenvalue weighted by Gasteiger charge is -2.33. The summed E-state index contributed by atoms with van der Waals surface area (Å²) in [5, 5.41) is 0. The van der Waals surface area contributed by atoms with Crippen molar-refractivity contribution in [2.75, 3.05) is 0 Å². The van der Waals surface area contributed by atoms with Crippen LogP contribution in [-0.4, -0.2) is 29.9 Å². The standard InChI is InChI=1S/C15H20O5/c1-9(19-10(2)16)14(18)20-13-8-15(3)6-4-5-11(15)7-12(13)17/h7,9,13H,4-6,8H2,1-3H3/t9-,13-,15+/m0/s1. The van der Waals surface area contributed by atoms with Gasteiger partial charge in [-0.3, -0.25) is 9.59 Å². The summed E-state index contributed by atoms with van der Waals surface area (Å²) in [4.78, 5) is 34.6. The quantitative estimate of drug-likeness (QED) is 0.739. The molecule has 2 aliphatic rings. The summed E-state index contributed by atoms with van der Waals surface area (Å²) in [5.74, 6) is -1.38. The number of hydrogen-bond acceptors (Lipinski definition) is 5. The van der Waals surface area contributed by atoms with Crippen molar-refractivity contribution in [2.45, 2.75) is 58.7 Å². The predicted molar refractivity (Wildman–Crippen MR) is 70.8 cm³/mol. The maximum Gasteiger partial charge on any atom is 0.347 e. The average molecular weight is 280 g/mol. The first kappa shape index (κ1) is 14.8. The third-order valence-electron chi connectivity index (χ3n) is 4.15. The molecular weight excluding hydrogens is 260 g/mol. The van der Waals surface area contributed by atoms with Gasteiger partial charge in [0.15, 0.2) is 18.0 Å². The molecule has 3 atom stereocenters. The van der Waals surface area contributed by atoms with Gasteiger partial charge in [-0.25, -0.2) is 4.79 Å². The highest BCUT2D eigenvalue weighted by Crippen LogP contribution is 2.48. The molecule has 0 N–H and O–H groups in total. The highest BCUT2D eigenvalue weighted by atomic mass is 16.6. The van der Waals surface area contributed by atoms with Crippen LogP contribution in [-0.2, 0) is 23.9 Å². The lowest BCUT2D eigenvalue weighted by Crippen LogP contribution is -2.39. The van der Waals surface area contributed by atoms with Gasteiger partial charge in [0, 0.05) is 13.3 Å². The van der Waals surface area contributed by atoms with Gasteiger partial charge in [0.05, 0.1) is 0 Å². The molecule has 1 fully saturated rings. The first-order chi connectivity index (χ1) is 9.32. The molecule has 0 aromatic rings. The number of fused-ring (bicyclic) bond motifs is 1. The van der Waals surface area contributed by atoms with Gasteiger partial charge < -0.3 is 9.47 Å². The van der Waals surface area contributed by atoms with E-state index in [-0.39, 0.29) is 11.2 Å². The number of ether oxygens (including phenoxy) is 2. The Morgan fingerprint density at radius 2 is 2.15 bits per heavy atom. The maximum absolute atomic E-state index is 12.0. The van der Waals surface area contributed by atoms with Crippen molar-refractivity contribution in [2.24, 2.45) is 5.41 Å². The second-order valence-corrected chi connectivity index (χ2v) is 5.87. The van der Waals surface area contributed by atoms with E-state index >= 15 is 0 Å². The van der Waals surface area contributed by atoms with E-state index in [1.807, 2.05) is 0 Å². The van der Waals surface area contributed by atoms with Crippen molar-refractivity contribution in [3.05, 3.63) is 11.6 Å². The Morgan fingerprint density at radius 3 is 2.80 bits per heavy atom. The van der Waals surface area contributed by atoms with Crippen LogP contribution in [0.4, 0.5) is 0 Å². The van der Waals surface area contributed by atoms with E-state index < -0.39 is 24.1 Å². The zero-order chi connectivity index (χ0) is 14.9. The van der Waals surface area contributed by atoms with Gasteiger partial charge in [0.1, 0.15) is 0 Å². The van der Waals surface area contributed by atoms with Crippen molar-refractivity contribution in [3.63, 3.8) is 0 Å². The van der Waals surface area contributed by atoms with Crippen LogP contribution in [0.5, 0.6) is 0 Å². The fourth-order valence-electron chi connectivity index (χ4n) is 3.02. The van der Waals surface area contributed by atoms with E-state index in [9.17, 15) is 14.4 Å². The van der Waals surface area contributed by atoms with Crippen LogP contribution < -0.4 is 0 Å². The van der Waals surface area contributed by atoms with E-state index in [0.717, 1.165) is 19.3 Å². The molecule has 0 amide bonds. The number of rotatable bonds is 3. The first-order valence-electron chi connectivity index (χ1n) is 6.94. The number of carbonyl (C=O) groups excluding carboxylic acids is 3. The van der Waals surface area contributed by atoms with Crippen LogP contribution in [0, 0.1) is 5.41 Å². The molecule has 0 aromatic carbocycles. The molecule has 1 saturated carbocycles. The minimum absolute atomic E-state index is 0.0382. The molecule has 0 aliphatic heterocycles. The Bertz CT molecular complexity index is 479. The lowest BCUT2D eigenvalue weighted by molar-refractivity contribution is -0.171. The zero-order valence-corrected chi connectivity index (χ0v) is 12.1. The number of allylic oxidation sites excluding steroid dienone is 1. The zero-order valence-electron chi connectivity index (χ0n) is 12.1. The molecule has 110 valence electrons. The first-order valence-corrected chi connectivity index (χ1v) is 6.94. The summed E-state index contributed by atoms with van der Waals surface area (Å²) >= 11 is 0. The van der Waals surface area contributed by atoms with Crippen molar-refractivity contribution in [1.82, 2.24) is 0 Å². The third kappa shape index (κ3) is 2.92. The highest BCUT2D eigenvalue weighted by Gasteiger charge is 2.43. The largest absolute Gasteiger partial charge is 0.451 e. The molecular formula is C15H20O5. The topological polar surface area (TPSA) is 69.7 Å². The van der Waals surface area contributed by atoms with Crippen LogP contribution in [0.2, 0.25) is 0 Å². The average Bonchev–Trinajstić information content (AvgIpc) is 2.69. The Hall–Kier alpha value is -1.65. The Morgan fingerprint density at radius 1 is 1.45 bits per heavy atom. The Balaban J connectivity index is 2.02. The molecule has 20 heavy (non-hydrogen) atoms. The summed E-state index contributed by atoms with van der Waals surface area (Å²) in [6, 6.07) is 0. The van der Waals surface area contributed by atoms with Gasteiger partial charge in [-0.15, -0.1) is 0 Å². The number of carbonyl (C=O) groups is 3. The van der Waals surface area contributed by atoms with Crippen LogP contribution in [0.1, 0.15) is 46.5 Å². The van der Waals surface area contributed by atoms with Gasteiger partial charge in [0.25, 0.3) is 0 Å². The summed E-state index contributed by atoms with van der Waals surface area (Å²) in [6.07, 6.45) is 3.45. The van der Waals surface area contributed by atoms with Gasteiger partial charge in [-0.1, -0.05) is 12.5 Å². The van der Waals surface area contributed by atoms with E-state index in [1.54, 1.807) is 6.08 Å². The van der Waals surface area contributed by atoms with Crippen molar-refractivity contribution < 1.29 is 23.9 Å². The van der Waals surface area contributed by atoms with Crippen molar-refractivity contribution in [1.29, 1.82) is 0 Å². The van der Waals surface area contributed by atoms with Crippen molar-refractivity contribution in [3.8, 4) is 0 Å². The van der Waals surface area contributed by atoms with E-state index in [1.165, 1.54) is 19.4 Å². The number of ketones is 1. The normalized spacial score (nSPS) is 30.2. The number of hydrogen-bond donors (Lipinski definition) is 0. The minimum Gasteiger partial charge on any atom is -0.451 e. The molecule has 0 saturated heterocycles. The summed E-state index contributed by atoms with van der Waals surface area (Å²) in [7, 11) is 0. The summed E-state index contributed by atoms with van der Waals surface area (Å²) in [6.45, 7) is 4.77. The Kier molecular flexibility index (Phi) is 3.97. The molecule has 0 heterocycles. The van der Waals surface area contributed by atoms with E-state index in [4.69, 9.17) is 9.47 Å². The van der Waals surface area contributed by atoms with Gasteiger partial charge in [-0.05, 0) is 37.7 Å².